The molecule has 8 heteroatoms. The molecule has 24 heavy (non-hydrogen) atoms. The highest BCUT2D eigenvalue weighted by Crippen LogP contribution is 2.47. The van der Waals surface area contributed by atoms with Crippen LogP contribution in [0.4, 0.5) is 30.7 Å². The molecule has 0 N–H and O–H groups in total. The van der Waals surface area contributed by atoms with Crippen LogP contribution in [-0.2, 0) is 0 Å². The molecule has 128 valence electrons. The minimum Gasteiger partial charge on any atom is -0.287 e. The highest BCUT2D eigenvalue weighted by molar-refractivity contribution is 6.02. The van der Waals surface area contributed by atoms with Gasteiger partial charge < -0.3 is 0 Å². The SMILES string of the molecule is O=C(c1ccc(-c2ccccc2)cc1)C(F)(F)C(F)(F)C(F)(F)F. The second kappa shape index (κ2) is 5.92. The van der Waals surface area contributed by atoms with Gasteiger partial charge in [0.1, 0.15) is 0 Å². The quantitative estimate of drug-likeness (QED) is 0.535. The molecule has 0 spiro atoms. The van der Waals surface area contributed by atoms with E-state index in [0.717, 1.165) is 12.1 Å². The molecule has 0 radical (unpaired) electrons. The lowest BCUT2D eigenvalue weighted by Crippen LogP contribution is -2.56. The molecule has 0 heterocycles. The predicted molar refractivity (Wildman–Crippen MR) is 72.2 cm³/mol. The molecule has 1 nitrogen and oxygen atoms in total. The molecule has 0 aromatic heterocycles. The minimum atomic E-state index is -6.55. The first-order chi connectivity index (χ1) is 11.0. The van der Waals surface area contributed by atoms with E-state index in [1.54, 1.807) is 30.3 Å². The lowest BCUT2D eigenvalue weighted by molar-refractivity contribution is -0.339. The average molecular weight is 350 g/mol. The van der Waals surface area contributed by atoms with Crippen molar-refractivity contribution in [2.45, 2.75) is 18.0 Å². The Morgan fingerprint density at radius 1 is 0.667 bits per heavy atom. The van der Waals surface area contributed by atoms with E-state index in [-0.39, 0.29) is 0 Å². The van der Waals surface area contributed by atoms with Gasteiger partial charge in [0.2, 0.25) is 5.78 Å². The molecule has 0 saturated carbocycles. The van der Waals surface area contributed by atoms with Crippen LogP contribution in [0.25, 0.3) is 11.1 Å². The molecule has 0 saturated heterocycles. The van der Waals surface area contributed by atoms with Crippen molar-refractivity contribution < 1.29 is 35.5 Å². The third-order valence-corrected chi connectivity index (χ3v) is 3.29. The minimum absolute atomic E-state index is 0.484. The first kappa shape index (κ1) is 18.0. The Morgan fingerprint density at radius 2 is 1.12 bits per heavy atom. The van der Waals surface area contributed by atoms with Crippen LogP contribution in [0.15, 0.2) is 54.6 Å². The van der Waals surface area contributed by atoms with Gasteiger partial charge in [-0.05, 0) is 11.1 Å². The number of alkyl halides is 7. The summed E-state index contributed by atoms with van der Waals surface area (Å²) in [6.07, 6.45) is -6.55. The van der Waals surface area contributed by atoms with Crippen molar-refractivity contribution in [2.75, 3.05) is 0 Å². The van der Waals surface area contributed by atoms with Gasteiger partial charge in [0.05, 0.1) is 0 Å². The van der Waals surface area contributed by atoms with Crippen molar-refractivity contribution in [1.82, 2.24) is 0 Å². The van der Waals surface area contributed by atoms with Gasteiger partial charge in [0.15, 0.2) is 0 Å². The van der Waals surface area contributed by atoms with E-state index >= 15 is 0 Å². The highest BCUT2D eigenvalue weighted by Gasteiger charge is 2.76. The van der Waals surface area contributed by atoms with Crippen LogP contribution in [0.1, 0.15) is 10.4 Å². The van der Waals surface area contributed by atoms with Crippen LogP contribution in [-0.4, -0.2) is 23.8 Å². The molecule has 2 rings (SSSR count). The number of ketones is 1. The summed E-state index contributed by atoms with van der Waals surface area (Å²) in [6, 6.07) is 12.4. The van der Waals surface area contributed by atoms with Crippen molar-refractivity contribution in [3.05, 3.63) is 60.2 Å². The molecule has 2 aromatic carbocycles. The summed E-state index contributed by atoms with van der Waals surface area (Å²) in [5.41, 5.74) is 0.200. The van der Waals surface area contributed by atoms with Gasteiger partial charge >= 0.3 is 18.0 Å². The highest BCUT2D eigenvalue weighted by atomic mass is 19.4. The molecule has 0 bridgehead atoms. The third-order valence-electron chi connectivity index (χ3n) is 3.29. The summed E-state index contributed by atoms with van der Waals surface area (Å²) in [4.78, 5) is 11.5. The molecule has 0 fully saturated rings. The van der Waals surface area contributed by atoms with Crippen molar-refractivity contribution >= 4 is 5.78 Å². The Labute approximate surface area is 131 Å². The number of carbonyl (C=O) groups excluding carboxylic acids is 1. The van der Waals surface area contributed by atoms with E-state index in [1.807, 2.05) is 0 Å². The smallest absolute Gasteiger partial charge is 0.287 e. The number of carbonyl (C=O) groups is 1. The molecule has 0 aliphatic carbocycles. The molecule has 0 amide bonds. The molecule has 0 atom stereocenters. The molecule has 0 aliphatic heterocycles. The van der Waals surface area contributed by atoms with Gasteiger partial charge in [-0.3, -0.25) is 4.79 Å². The lowest BCUT2D eigenvalue weighted by Gasteiger charge is -2.27. The van der Waals surface area contributed by atoms with Crippen molar-refractivity contribution in [3.8, 4) is 11.1 Å². The molecule has 2 aromatic rings. The van der Waals surface area contributed by atoms with E-state index in [2.05, 4.69) is 0 Å². The number of benzene rings is 2. The third kappa shape index (κ3) is 3.00. The fraction of sp³-hybridized carbons (Fsp3) is 0.188. The topological polar surface area (TPSA) is 17.1 Å². The van der Waals surface area contributed by atoms with Gasteiger partial charge in [0, 0.05) is 5.56 Å². The summed E-state index contributed by atoms with van der Waals surface area (Å²) in [5, 5.41) is 0. The van der Waals surface area contributed by atoms with Gasteiger partial charge in [-0.2, -0.15) is 30.7 Å². The Balaban J connectivity index is 2.33. The summed E-state index contributed by atoms with van der Waals surface area (Å²) in [6.45, 7) is 0. The van der Waals surface area contributed by atoms with Crippen LogP contribution >= 0.6 is 0 Å². The Morgan fingerprint density at radius 3 is 1.58 bits per heavy atom. The number of halogens is 7. The fourth-order valence-corrected chi connectivity index (χ4v) is 1.95. The summed E-state index contributed by atoms with van der Waals surface area (Å²) in [5.74, 6) is -15.0. The lowest BCUT2D eigenvalue weighted by atomic mass is 9.97. The van der Waals surface area contributed by atoms with E-state index in [9.17, 15) is 35.5 Å². The van der Waals surface area contributed by atoms with Crippen LogP contribution in [0.2, 0.25) is 0 Å². The van der Waals surface area contributed by atoms with Gasteiger partial charge in [0.25, 0.3) is 0 Å². The zero-order valence-corrected chi connectivity index (χ0v) is 11.8. The Hall–Kier alpha value is -2.38. The molecular formula is C16H9F7O. The zero-order valence-electron chi connectivity index (χ0n) is 11.8. The maximum atomic E-state index is 13.4. The fourth-order valence-electron chi connectivity index (χ4n) is 1.95. The van der Waals surface area contributed by atoms with E-state index in [4.69, 9.17) is 0 Å². The summed E-state index contributed by atoms with van der Waals surface area (Å²) < 4.78 is 88.9. The van der Waals surface area contributed by atoms with Crippen LogP contribution < -0.4 is 0 Å². The predicted octanol–water partition coefficient (Wildman–Crippen LogP) is 5.37. The number of rotatable bonds is 4. The van der Waals surface area contributed by atoms with Gasteiger partial charge in [-0.25, -0.2) is 0 Å². The Kier molecular flexibility index (Phi) is 4.43. The van der Waals surface area contributed by atoms with Crippen molar-refractivity contribution in [2.24, 2.45) is 0 Å². The Bertz CT molecular complexity index is 718. The number of hydrogen-bond donors (Lipinski definition) is 0. The second-order valence-corrected chi connectivity index (χ2v) is 4.92. The molecule has 0 unspecified atom stereocenters. The van der Waals surface area contributed by atoms with Crippen LogP contribution in [0.5, 0.6) is 0 Å². The number of hydrogen-bond acceptors (Lipinski definition) is 1. The number of Topliss-reactive ketones (excluding diaryl/α,β-unsaturated/α-hetero) is 1. The van der Waals surface area contributed by atoms with Crippen molar-refractivity contribution in [3.63, 3.8) is 0 Å². The van der Waals surface area contributed by atoms with Crippen molar-refractivity contribution in [1.29, 1.82) is 0 Å². The van der Waals surface area contributed by atoms with Gasteiger partial charge in [-0.15, -0.1) is 0 Å². The first-order valence-electron chi connectivity index (χ1n) is 6.51. The normalized spacial score (nSPS) is 13.0. The maximum absolute atomic E-state index is 13.4. The maximum Gasteiger partial charge on any atom is 0.460 e. The zero-order chi connectivity index (χ0) is 18.2. The van der Waals surface area contributed by atoms with E-state index in [0.29, 0.717) is 11.1 Å². The molecule has 0 aliphatic rings. The second-order valence-electron chi connectivity index (χ2n) is 4.92. The average Bonchev–Trinajstić information content (AvgIpc) is 2.54. The van der Waals surface area contributed by atoms with Crippen LogP contribution in [0.3, 0.4) is 0 Å². The summed E-state index contributed by atoms with van der Waals surface area (Å²) >= 11 is 0. The van der Waals surface area contributed by atoms with E-state index in [1.165, 1.54) is 12.1 Å². The largest absolute Gasteiger partial charge is 0.460 e. The molecular weight excluding hydrogens is 341 g/mol. The first-order valence-corrected chi connectivity index (χ1v) is 6.51. The standard InChI is InChI=1S/C16H9F7O/c17-14(18,15(19,20)16(21,22)23)13(24)12-8-6-11(7-9-12)10-4-2-1-3-5-10/h1-9H. The van der Waals surface area contributed by atoms with Crippen LogP contribution in [0, 0.1) is 0 Å². The summed E-state index contributed by atoms with van der Waals surface area (Å²) in [7, 11) is 0. The van der Waals surface area contributed by atoms with Gasteiger partial charge in [-0.1, -0.05) is 54.6 Å². The monoisotopic (exact) mass is 350 g/mol. The van der Waals surface area contributed by atoms with E-state index < -0.39 is 29.4 Å².